The van der Waals surface area contributed by atoms with Crippen LogP contribution in [0.1, 0.15) is 44.2 Å². The number of nitrogens with two attached hydrogens (primary N) is 1. The molecule has 18 heavy (non-hydrogen) atoms. The molecule has 0 amide bonds. The molecular weight excluding hydrogens is 229 g/mol. The molecule has 3 unspecified atom stereocenters. The SMILES string of the molecule is COc1cccc(C(N)C2CCCC(C)C2)c1F. The van der Waals surface area contributed by atoms with Crippen molar-refractivity contribution in [1.82, 2.24) is 0 Å². The molecule has 1 saturated carbocycles. The molecule has 1 aliphatic rings. The van der Waals surface area contributed by atoms with Crippen molar-refractivity contribution in [3.8, 4) is 5.75 Å². The van der Waals surface area contributed by atoms with Crippen molar-refractivity contribution < 1.29 is 9.13 Å². The molecule has 2 nitrogen and oxygen atoms in total. The lowest BCUT2D eigenvalue weighted by molar-refractivity contribution is 0.244. The van der Waals surface area contributed by atoms with Crippen LogP contribution >= 0.6 is 0 Å². The van der Waals surface area contributed by atoms with Crippen LogP contribution in [0.2, 0.25) is 0 Å². The van der Waals surface area contributed by atoms with Crippen LogP contribution < -0.4 is 10.5 Å². The average molecular weight is 251 g/mol. The first-order valence-electron chi connectivity index (χ1n) is 6.71. The zero-order chi connectivity index (χ0) is 13.1. The van der Waals surface area contributed by atoms with Gasteiger partial charge in [0, 0.05) is 11.6 Å². The summed E-state index contributed by atoms with van der Waals surface area (Å²) < 4.78 is 19.2. The summed E-state index contributed by atoms with van der Waals surface area (Å²) in [5, 5.41) is 0. The summed E-state index contributed by atoms with van der Waals surface area (Å²) in [4.78, 5) is 0. The van der Waals surface area contributed by atoms with E-state index in [2.05, 4.69) is 6.92 Å². The Morgan fingerprint density at radius 2 is 2.17 bits per heavy atom. The van der Waals surface area contributed by atoms with Crippen molar-refractivity contribution >= 4 is 0 Å². The smallest absolute Gasteiger partial charge is 0.169 e. The Balaban J connectivity index is 2.20. The summed E-state index contributed by atoms with van der Waals surface area (Å²) in [6.45, 7) is 2.25. The molecule has 100 valence electrons. The molecule has 1 aliphatic carbocycles. The van der Waals surface area contributed by atoms with Crippen LogP contribution in [0.15, 0.2) is 18.2 Å². The van der Waals surface area contributed by atoms with E-state index in [4.69, 9.17) is 10.5 Å². The Bertz CT molecular complexity index is 407. The third kappa shape index (κ3) is 2.66. The van der Waals surface area contributed by atoms with Crippen molar-refractivity contribution in [1.29, 1.82) is 0 Å². The van der Waals surface area contributed by atoms with Gasteiger partial charge in [-0.2, -0.15) is 0 Å². The van der Waals surface area contributed by atoms with Gasteiger partial charge in [0.25, 0.3) is 0 Å². The minimum absolute atomic E-state index is 0.220. The molecule has 0 saturated heterocycles. The summed E-state index contributed by atoms with van der Waals surface area (Å²) in [5.41, 5.74) is 6.85. The largest absolute Gasteiger partial charge is 0.494 e. The van der Waals surface area contributed by atoms with Crippen LogP contribution in [0.25, 0.3) is 0 Å². The second-order valence-electron chi connectivity index (χ2n) is 5.42. The van der Waals surface area contributed by atoms with Gasteiger partial charge in [0.1, 0.15) is 0 Å². The maximum absolute atomic E-state index is 14.2. The molecule has 0 bridgehead atoms. The van der Waals surface area contributed by atoms with Gasteiger partial charge >= 0.3 is 0 Å². The highest BCUT2D eigenvalue weighted by molar-refractivity contribution is 5.33. The quantitative estimate of drug-likeness (QED) is 0.889. The van der Waals surface area contributed by atoms with Crippen LogP contribution in [0.3, 0.4) is 0 Å². The van der Waals surface area contributed by atoms with Crippen LogP contribution in [0, 0.1) is 17.7 Å². The third-order valence-corrected chi connectivity index (χ3v) is 4.06. The Kier molecular flexibility index (Phi) is 4.23. The normalized spacial score (nSPS) is 25.8. The number of hydrogen-bond donors (Lipinski definition) is 1. The van der Waals surface area contributed by atoms with E-state index in [-0.39, 0.29) is 17.6 Å². The van der Waals surface area contributed by atoms with E-state index < -0.39 is 0 Å². The van der Waals surface area contributed by atoms with Crippen molar-refractivity contribution in [2.45, 2.75) is 38.6 Å². The van der Waals surface area contributed by atoms with E-state index in [0.29, 0.717) is 17.4 Å². The Morgan fingerprint density at radius 1 is 1.39 bits per heavy atom. The Hall–Kier alpha value is -1.09. The number of rotatable bonds is 3. The molecule has 3 atom stereocenters. The highest BCUT2D eigenvalue weighted by Crippen LogP contribution is 2.37. The molecule has 2 N–H and O–H groups in total. The molecule has 0 heterocycles. The fourth-order valence-electron chi connectivity index (χ4n) is 3.00. The topological polar surface area (TPSA) is 35.2 Å². The van der Waals surface area contributed by atoms with Gasteiger partial charge in [0.05, 0.1) is 7.11 Å². The molecule has 1 aromatic rings. The van der Waals surface area contributed by atoms with Crippen LogP contribution in [0.4, 0.5) is 4.39 Å². The molecule has 1 fully saturated rings. The van der Waals surface area contributed by atoms with Gasteiger partial charge in [-0.25, -0.2) is 4.39 Å². The lowest BCUT2D eigenvalue weighted by Gasteiger charge is -2.31. The van der Waals surface area contributed by atoms with E-state index in [1.165, 1.54) is 20.0 Å². The van der Waals surface area contributed by atoms with Crippen molar-refractivity contribution in [3.05, 3.63) is 29.6 Å². The minimum atomic E-state index is -0.300. The number of hydrogen-bond acceptors (Lipinski definition) is 2. The summed E-state index contributed by atoms with van der Waals surface area (Å²) in [5.74, 6) is 1.07. The van der Waals surface area contributed by atoms with Gasteiger partial charge in [0.15, 0.2) is 11.6 Å². The Morgan fingerprint density at radius 3 is 2.83 bits per heavy atom. The highest BCUT2D eigenvalue weighted by atomic mass is 19.1. The van der Waals surface area contributed by atoms with Crippen LogP contribution in [-0.2, 0) is 0 Å². The van der Waals surface area contributed by atoms with Crippen molar-refractivity contribution in [2.75, 3.05) is 7.11 Å². The molecule has 0 aliphatic heterocycles. The predicted octanol–water partition coefficient (Wildman–Crippen LogP) is 3.66. The zero-order valence-electron chi connectivity index (χ0n) is 11.2. The maximum Gasteiger partial charge on any atom is 0.169 e. The van der Waals surface area contributed by atoms with Gasteiger partial charge in [-0.15, -0.1) is 0 Å². The lowest BCUT2D eigenvalue weighted by Crippen LogP contribution is -2.27. The predicted molar refractivity (Wildman–Crippen MR) is 71.0 cm³/mol. The first-order valence-corrected chi connectivity index (χ1v) is 6.71. The fourth-order valence-corrected chi connectivity index (χ4v) is 3.00. The Labute approximate surface area is 108 Å². The molecule has 1 aromatic carbocycles. The summed E-state index contributed by atoms with van der Waals surface area (Å²) in [6, 6.07) is 5.00. The summed E-state index contributed by atoms with van der Waals surface area (Å²) >= 11 is 0. The standard InChI is InChI=1S/C15H22FNO/c1-10-5-3-6-11(9-10)15(17)12-7-4-8-13(18-2)14(12)16/h4,7-8,10-11,15H,3,5-6,9,17H2,1-2H3. The highest BCUT2D eigenvalue weighted by Gasteiger charge is 2.27. The number of methoxy groups -OCH3 is 1. The number of halogens is 1. The molecule has 0 spiro atoms. The summed E-state index contributed by atoms with van der Waals surface area (Å²) in [6.07, 6.45) is 4.66. The van der Waals surface area contributed by atoms with Gasteiger partial charge in [-0.3, -0.25) is 0 Å². The van der Waals surface area contributed by atoms with Gasteiger partial charge in [-0.1, -0.05) is 31.9 Å². The van der Waals surface area contributed by atoms with Crippen LogP contribution in [-0.4, -0.2) is 7.11 Å². The average Bonchev–Trinajstić information content (AvgIpc) is 2.38. The van der Waals surface area contributed by atoms with E-state index in [9.17, 15) is 4.39 Å². The second kappa shape index (κ2) is 5.70. The minimum Gasteiger partial charge on any atom is -0.494 e. The molecule has 2 rings (SSSR count). The lowest BCUT2D eigenvalue weighted by atomic mass is 9.77. The van der Waals surface area contributed by atoms with E-state index in [1.54, 1.807) is 12.1 Å². The van der Waals surface area contributed by atoms with E-state index >= 15 is 0 Å². The monoisotopic (exact) mass is 251 g/mol. The van der Waals surface area contributed by atoms with Gasteiger partial charge in [-0.05, 0) is 30.7 Å². The first-order chi connectivity index (χ1) is 8.63. The second-order valence-corrected chi connectivity index (χ2v) is 5.42. The molecule has 3 heteroatoms. The fraction of sp³-hybridized carbons (Fsp3) is 0.600. The summed E-state index contributed by atoms with van der Waals surface area (Å²) in [7, 11) is 1.48. The van der Waals surface area contributed by atoms with E-state index in [1.807, 2.05) is 6.07 Å². The van der Waals surface area contributed by atoms with Gasteiger partial charge < -0.3 is 10.5 Å². The molecule has 0 aromatic heterocycles. The zero-order valence-corrected chi connectivity index (χ0v) is 11.2. The molecular formula is C15H22FNO. The van der Waals surface area contributed by atoms with Crippen molar-refractivity contribution in [3.63, 3.8) is 0 Å². The first kappa shape index (κ1) is 13.3. The third-order valence-electron chi connectivity index (χ3n) is 4.06. The van der Waals surface area contributed by atoms with E-state index in [0.717, 1.165) is 12.8 Å². The number of benzene rings is 1. The molecule has 0 radical (unpaired) electrons. The van der Waals surface area contributed by atoms with Gasteiger partial charge in [0.2, 0.25) is 0 Å². The number of ether oxygens (including phenoxy) is 1. The van der Waals surface area contributed by atoms with Crippen LogP contribution in [0.5, 0.6) is 5.75 Å². The van der Waals surface area contributed by atoms with Crippen molar-refractivity contribution in [2.24, 2.45) is 17.6 Å². The maximum atomic E-state index is 14.2.